The summed E-state index contributed by atoms with van der Waals surface area (Å²) in [7, 11) is -3.81. The topological polar surface area (TPSA) is 66.5 Å². The molecule has 1 N–H and O–H groups in total. The van der Waals surface area contributed by atoms with Gasteiger partial charge in [0.25, 0.3) is 0 Å². The third kappa shape index (κ3) is 4.70. The van der Waals surface area contributed by atoms with Crippen molar-refractivity contribution in [3.8, 4) is 0 Å². The molecule has 0 aromatic heterocycles. The zero-order valence-electron chi connectivity index (χ0n) is 14.0. The normalized spacial score (nSPS) is 12.5. The molecule has 0 aliphatic carbocycles. The second-order valence-corrected chi connectivity index (χ2v) is 7.93. The summed E-state index contributed by atoms with van der Waals surface area (Å²) in [6.07, 6.45) is 0.963. The summed E-state index contributed by atoms with van der Waals surface area (Å²) in [5, 5.41) is 3.11. The van der Waals surface area contributed by atoms with E-state index < -0.39 is 27.8 Å². The third-order valence-electron chi connectivity index (χ3n) is 3.59. The van der Waals surface area contributed by atoms with Crippen molar-refractivity contribution in [2.24, 2.45) is 0 Å². The van der Waals surface area contributed by atoms with Crippen LogP contribution in [0.2, 0.25) is 5.02 Å². The summed E-state index contributed by atoms with van der Waals surface area (Å²) >= 11 is 6.03. The molecule has 0 saturated heterocycles. The molecule has 2 aromatic rings. The minimum atomic E-state index is -3.81. The van der Waals surface area contributed by atoms with E-state index in [1.54, 1.807) is 18.2 Å². The van der Waals surface area contributed by atoms with Gasteiger partial charge in [0.15, 0.2) is 0 Å². The Morgan fingerprint density at radius 1 is 1.24 bits per heavy atom. The minimum Gasteiger partial charge on any atom is -0.324 e. The van der Waals surface area contributed by atoms with Crippen LogP contribution in [-0.4, -0.2) is 26.6 Å². The lowest BCUT2D eigenvalue weighted by Crippen LogP contribution is -2.45. The Balaban J connectivity index is 2.31. The monoisotopic (exact) mass is 384 g/mol. The second-order valence-electron chi connectivity index (χ2n) is 5.67. The third-order valence-corrected chi connectivity index (χ3v) is 5.24. The average molecular weight is 385 g/mol. The highest BCUT2D eigenvalue weighted by Crippen LogP contribution is 2.24. The van der Waals surface area contributed by atoms with Crippen molar-refractivity contribution in [2.45, 2.75) is 19.9 Å². The van der Waals surface area contributed by atoms with Gasteiger partial charge in [-0.05, 0) is 49.7 Å². The van der Waals surface area contributed by atoms with Gasteiger partial charge < -0.3 is 5.32 Å². The number of sulfonamides is 1. The highest BCUT2D eigenvalue weighted by atomic mass is 35.5. The van der Waals surface area contributed by atoms with E-state index in [1.807, 2.05) is 6.92 Å². The lowest BCUT2D eigenvalue weighted by molar-refractivity contribution is -0.116. The van der Waals surface area contributed by atoms with Crippen LogP contribution in [0.4, 0.5) is 15.8 Å². The van der Waals surface area contributed by atoms with Crippen LogP contribution in [-0.2, 0) is 14.8 Å². The Bertz CT molecular complexity index is 903. The van der Waals surface area contributed by atoms with Gasteiger partial charge in [-0.15, -0.1) is 0 Å². The number of hydrogen-bond acceptors (Lipinski definition) is 3. The van der Waals surface area contributed by atoms with Crippen LogP contribution < -0.4 is 9.62 Å². The van der Waals surface area contributed by atoms with Crippen LogP contribution in [0.3, 0.4) is 0 Å². The zero-order valence-corrected chi connectivity index (χ0v) is 15.5. The predicted octanol–water partition coefficient (Wildman–Crippen LogP) is 3.58. The molecule has 0 spiro atoms. The maximum atomic E-state index is 13.5. The molecule has 1 amide bonds. The molecule has 1 atom stereocenters. The number of aryl methyl sites for hydroxylation is 1. The number of rotatable bonds is 5. The van der Waals surface area contributed by atoms with Crippen LogP contribution >= 0.6 is 11.6 Å². The molecule has 5 nitrogen and oxygen atoms in total. The maximum absolute atomic E-state index is 13.5. The summed E-state index contributed by atoms with van der Waals surface area (Å²) < 4.78 is 38.6. The molecule has 0 bridgehead atoms. The quantitative estimate of drug-likeness (QED) is 0.856. The number of nitrogens with zero attached hydrogens (tertiary/aromatic N) is 1. The lowest BCUT2D eigenvalue weighted by atomic mass is 10.2. The smallest absolute Gasteiger partial charge is 0.247 e. The molecule has 134 valence electrons. The molecular formula is C17H18ClFN2O3S. The van der Waals surface area contributed by atoms with E-state index in [1.165, 1.54) is 25.1 Å². The van der Waals surface area contributed by atoms with Crippen LogP contribution in [0.25, 0.3) is 0 Å². The van der Waals surface area contributed by atoms with E-state index >= 15 is 0 Å². The van der Waals surface area contributed by atoms with E-state index in [9.17, 15) is 17.6 Å². The fraction of sp³-hybridized carbons (Fsp3) is 0.235. The van der Waals surface area contributed by atoms with Crippen molar-refractivity contribution >= 4 is 38.9 Å². The fourth-order valence-electron chi connectivity index (χ4n) is 2.34. The Kier molecular flexibility index (Phi) is 5.69. The summed E-state index contributed by atoms with van der Waals surface area (Å²) in [5.74, 6) is -1.15. The first-order valence-electron chi connectivity index (χ1n) is 7.41. The van der Waals surface area contributed by atoms with Crippen LogP contribution in [0.5, 0.6) is 0 Å². The van der Waals surface area contributed by atoms with Crippen LogP contribution in [0, 0.1) is 12.7 Å². The molecule has 0 fully saturated rings. The minimum absolute atomic E-state index is 0.0760. The Labute approximate surface area is 151 Å². The Morgan fingerprint density at radius 2 is 1.92 bits per heavy atom. The van der Waals surface area contributed by atoms with Gasteiger partial charge in [-0.2, -0.15) is 0 Å². The number of carbonyl (C=O) groups excluding carboxylic acids is 1. The maximum Gasteiger partial charge on any atom is 0.247 e. The largest absolute Gasteiger partial charge is 0.324 e. The van der Waals surface area contributed by atoms with Crippen molar-refractivity contribution in [3.63, 3.8) is 0 Å². The van der Waals surface area contributed by atoms with Crippen LogP contribution in [0.1, 0.15) is 12.5 Å². The number of amides is 1. The van der Waals surface area contributed by atoms with Crippen molar-refractivity contribution in [2.75, 3.05) is 15.9 Å². The van der Waals surface area contributed by atoms with Gasteiger partial charge in [-0.25, -0.2) is 12.8 Å². The first-order chi connectivity index (χ1) is 11.6. The lowest BCUT2D eigenvalue weighted by Gasteiger charge is -2.28. The van der Waals surface area contributed by atoms with E-state index in [4.69, 9.17) is 11.6 Å². The first-order valence-corrected chi connectivity index (χ1v) is 9.64. The number of anilines is 2. The van der Waals surface area contributed by atoms with Gasteiger partial charge in [-0.3, -0.25) is 9.10 Å². The van der Waals surface area contributed by atoms with E-state index in [2.05, 4.69) is 5.32 Å². The molecule has 0 aliphatic rings. The Hall–Kier alpha value is -2.12. The van der Waals surface area contributed by atoms with Crippen molar-refractivity contribution in [1.29, 1.82) is 0 Å². The van der Waals surface area contributed by atoms with Gasteiger partial charge in [0.2, 0.25) is 15.9 Å². The number of carbonyl (C=O) groups is 1. The zero-order chi connectivity index (χ0) is 18.8. The highest BCUT2D eigenvalue weighted by molar-refractivity contribution is 7.92. The van der Waals surface area contributed by atoms with Crippen LogP contribution in [0.15, 0.2) is 42.5 Å². The molecule has 0 aliphatic heterocycles. The molecule has 2 rings (SSSR count). The number of hydrogen-bond donors (Lipinski definition) is 1. The van der Waals surface area contributed by atoms with Crippen molar-refractivity contribution < 1.29 is 17.6 Å². The fourth-order valence-corrected chi connectivity index (χ4v) is 3.69. The Morgan fingerprint density at radius 3 is 2.48 bits per heavy atom. The summed E-state index contributed by atoms with van der Waals surface area (Å²) in [6, 6.07) is 8.97. The van der Waals surface area contributed by atoms with E-state index in [0.717, 1.165) is 22.2 Å². The van der Waals surface area contributed by atoms with E-state index in [-0.39, 0.29) is 5.69 Å². The molecule has 0 radical (unpaired) electrons. The summed E-state index contributed by atoms with van der Waals surface area (Å²) in [5.41, 5.74) is 1.37. The van der Waals surface area contributed by atoms with Gasteiger partial charge in [0.1, 0.15) is 11.9 Å². The second kappa shape index (κ2) is 7.41. The number of nitrogens with one attached hydrogen (secondary N) is 1. The summed E-state index contributed by atoms with van der Waals surface area (Å²) in [6.45, 7) is 3.25. The molecule has 25 heavy (non-hydrogen) atoms. The average Bonchev–Trinajstić information content (AvgIpc) is 2.49. The molecule has 8 heteroatoms. The molecule has 2 aromatic carbocycles. The van der Waals surface area contributed by atoms with Gasteiger partial charge >= 0.3 is 0 Å². The molecular weight excluding hydrogens is 367 g/mol. The molecule has 0 heterocycles. The first kappa shape index (κ1) is 19.2. The predicted molar refractivity (Wildman–Crippen MR) is 98.0 cm³/mol. The standard InChI is InChI=1S/C17H18ClFN2O3S/c1-11-7-8-14(10-16(11)18)20-17(22)12(2)21(25(3,23)24)15-6-4-5-13(19)9-15/h4-10,12H,1-3H3,(H,20,22)/t12-/m1/s1. The molecule has 0 unspecified atom stereocenters. The molecule has 0 saturated carbocycles. The highest BCUT2D eigenvalue weighted by Gasteiger charge is 2.29. The van der Waals surface area contributed by atoms with Gasteiger partial charge in [0.05, 0.1) is 11.9 Å². The number of benzene rings is 2. The SMILES string of the molecule is Cc1ccc(NC(=O)[C@@H](C)N(c2cccc(F)c2)S(C)(=O)=O)cc1Cl. The summed E-state index contributed by atoms with van der Waals surface area (Å²) in [4.78, 5) is 12.5. The van der Waals surface area contributed by atoms with E-state index in [0.29, 0.717) is 10.7 Å². The van der Waals surface area contributed by atoms with Gasteiger partial charge in [0, 0.05) is 10.7 Å². The van der Waals surface area contributed by atoms with Gasteiger partial charge in [-0.1, -0.05) is 23.7 Å². The van der Waals surface area contributed by atoms with Crippen molar-refractivity contribution in [1.82, 2.24) is 0 Å². The van der Waals surface area contributed by atoms with Crippen molar-refractivity contribution in [3.05, 3.63) is 58.9 Å². The number of halogens is 2.